The first kappa shape index (κ1) is 16.9. The standard InChI is InChI=1S/C14H13ClF2N4O2/c1-3-4-23-20-13(14(17)21-8-18-7-19-21)9-5-12(22-2)10(15)6-11(9)16/h3,5-8,14H,1,4H2,2H3. The fourth-order valence-corrected chi connectivity index (χ4v) is 1.95. The molecule has 6 nitrogen and oxygen atoms in total. The van der Waals surface area contributed by atoms with E-state index < -0.39 is 12.1 Å². The predicted molar refractivity (Wildman–Crippen MR) is 80.8 cm³/mol. The van der Waals surface area contributed by atoms with Crippen LogP contribution in [0.15, 0.2) is 42.6 Å². The molecule has 0 bridgehead atoms. The maximum atomic E-state index is 14.6. The Labute approximate surface area is 136 Å². The van der Waals surface area contributed by atoms with E-state index in [1.54, 1.807) is 0 Å². The van der Waals surface area contributed by atoms with Gasteiger partial charge >= 0.3 is 0 Å². The largest absolute Gasteiger partial charge is 0.495 e. The van der Waals surface area contributed by atoms with Gasteiger partial charge in [-0.2, -0.15) is 5.10 Å². The lowest BCUT2D eigenvalue weighted by Gasteiger charge is -2.14. The van der Waals surface area contributed by atoms with Crippen molar-refractivity contribution in [3.63, 3.8) is 0 Å². The second-order valence-electron chi connectivity index (χ2n) is 4.24. The van der Waals surface area contributed by atoms with E-state index >= 15 is 0 Å². The van der Waals surface area contributed by atoms with Crippen LogP contribution in [0.3, 0.4) is 0 Å². The van der Waals surface area contributed by atoms with E-state index in [4.69, 9.17) is 21.2 Å². The summed E-state index contributed by atoms with van der Waals surface area (Å²) in [5.74, 6) is -0.607. The van der Waals surface area contributed by atoms with E-state index in [1.807, 2.05) is 0 Å². The van der Waals surface area contributed by atoms with Crippen LogP contribution in [-0.2, 0) is 4.84 Å². The minimum atomic E-state index is -1.91. The number of oxime groups is 1. The zero-order valence-electron chi connectivity index (χ0n) is 12.1. The molecule has 0 saturated heterocycles. The van der Waals surface area contributed by atoms with Crippen molar-refractivity contribution >= 4 is 17.3 Å². The number of halogens is 3. The number of aromatic nitrogens is 3. The fourth-order valence-electron chi connectivity index (χ4n) is 1.72. The molecule has 122 valence electrons. The van der Waals surface area contributed by atoms with Gasteiger partial charge in [0.15, 0.2) is 0 Å². The highest BCUT2D eigenvalue weighted by atomic mass is 35.5. The molecule has 0 aliphatic carbocycles. The van der Waals surface area contributed by atoms with Gasteiger partial charge in [0.2, 0.25) is 6.30 Å². The molecule has 0 aliphatic rings. The second kappa shape index (κ2) is 7.68. The molecule has 0 N–H and O–H groups in total. The highest BCUT2D eigenvalue weighted by Crippen LogP contribution is 2.30. The van der Waals surface area contributed by atoms with Crippen LogP contribution in [-0.4, -0.2) is 34.2 Å². The van der Waals surface area contributed by atoms with Crippen LogP contribution in [0.25, 0.3) is 0 Å². The summed E-state index contributed by atoms with van der Waals surface area (Å²) in [5.41, 5.74) is -0.511. The Morgan fingerprint density at radius 2 is 2.35 bits per heavy atom. The highest BCUT2D eigenvalue weighted by Gasteiger charge is 2.25. The highest BCUT2D eigenvalue weighted by molar-refractivity contribution is 6.32. The molecular formula is C14H13ClF2N4O2. The molecule has 0 fully saturated rings. The molecule has 2 rings (SSSR count). The maximum Gasteiger partial charge on any atom is 0.239 e. The van der Waals surface area contributed by atoms with Crippen molar-refractivity contribution < 1.29 is 18.4 Å². The monoisotopic (exact) mass is 342 g/mol. The van der Waals surface area contributed by atoms with Crippen LogP contribution in [0.4, 0.5) is 8.78 Å². The van der Waals surface area contributed by atoms with Crippen LogP contribution in [0.2, 0.25) is 5.02 Å². The van der Waals surface area contributed by atoms with Crippen molar-refractivity contribution in [1.82, 2.24) is 14.8 Å². The van der Waals surface area contributed by atoms with E-state index in [-0.39, 0.29) is 28.7 Å². The molecule has 0 radical (unpaired) electrons. The summed E-state index contributed by atoms with van der Waals surface area (Å²) in [5, 5.41) is 7.38. The summed E-state index contributed by atoms with van der Waals surface area (Å²) in [6.07, 6.45) is 1.79. The van der Waals surface area contributed by atoms with Crippen LogP contribution in [0.1, 0.15) is 11.9 Å². The van der Waals surface area contributed by atoms with Crippen LogP contribution < -0.4 is 4.74 Å². The molecule has 9 heteroatoms. The summed E-state index contributed by atoms with van der Waals surface area (Å²) in [4.78, 5) is 8.55. The van der Waals surface area contributed by atoms with E-state index in [2.05, 4.69) is 21.8 Å². The lowest BCUT2D eigenvalue weighted by molar-refractivity contribution is 0.168. The van der Waals surface area contributed by atoms with Crippen molar-refractivity contribution in [3.8, 4) is 5.75 Å². The fraction of sp³-hybridized carbons (Fsp3) is 0.214. The van der Waals surface area contributed by atoms with E-state index in [9.17, 15) is 8.78 Å². The van der Waals surface area contributed by atoms with Crippen molar-refractivity contribution in [2.45, 2.75) is 6.30 Å². The molecule has 1 atom stereocenters. The molecule has 1 heterocycles. The Morgan fingerprint density at radius 3 is 2.96 bits per heavy atom. The van der Waals surface area contributed by atoms with Gasteiger partial charge in [-0.1, -0.05) is 29.4 Å². The van der Waals surface area contributed by atoms with Gasteiger partial charge in [-0.25, -0.2) is 18.4 Å². The molecule has 1 aromatic carbocycles. The maximum absolute atomic E-state index is 14.6. The molecule has 1 unspecified atom stereocenters. The average Bonchev–Trinajstić information content (AvgIpc) is 3.06. The smallest absolute Gasteiger partial charge is 0.239 e. The Hall–Kier alpha value is -2.48. The molecule has 23 heavy (non-hydrogen) atoms. The molecule has 2 aromatic rings. The van der Waals surface area contributed by atoms with E-state index in [0.717, 1.165) is 23.4 Å². The molecule has 0 amide bonds. The summed E-state index contributed by atoms with van der Waals surface area (Å²) >= 11 is 5.84. The third-order valence-corrected chi connectivity index (χ3v) is 3.06. The molecule has 1 aromatic heterocycles. The summed E-state index contributed by atoms with van der Waals surface area (Å²) in [6.45, 7) is 3.48. The topological polar surface area (TPSA) is 61.5 Å². The normalized spacial score (nSPS) is 12.8. The molecular weight excluding hydrogens is 330 g/mol. The summed E-state index contributed by atoms with van der Waals surface area (Å²) < 4.78 is 34.8. The third-order valence-electron chi connectivity index (χ3n) is 2.77. The number of benzene rings is 1. The second-order valence-corrected chi connectivity index (χ2v) is 4.65. The van der Waals surface area contributed by atoms with Gasteiger partial charge in [0.25, 0.3) is 0 Å². The van der Waals surface area contributed by atoms with Crippen molar-refractivity contribution in [2.75, 3.05) is 13.7 Å². The Bertz CT molecular complexity index is 707. The quantitative estimate of drug-likeness (QED) is 0.335. The van der Waals surface area contributed by atoms with Crippen molar-refractivity contribution in [1.29, 1.82) is 0 Å². The molecule has 0 saturated carbocycles. The number of alkyl halides is 1. The average molecular weight is 343 g/mol. The number of hydrogen-bond acceptors (Lipinski definition) is 5. The lowest BCUT2D eigenvalue weighted by atomic mass is 10.1. The van der Waals surface area contributed by atoms with Gasteiger partial charge in [0, 0.05) is 5.56 Å². The predicted octanol–water partition coefficient (Wildman–Crippen LogP) is 3.15. The minimum Gasteiger partial charge on any atom is -0.495 e. The summed E-state index contributed by atoms with van der Waals surface area (Å²) in [6, 6.07) is 2.24. The summed E-state index contributed by atoms with van der Waals surface area (Å²) in [7, 11) is 1.36. The first-order valence-electron chi connectivity index (χ1n) is 6.40. The first-order valence-corrected chi connectivity index (χ1v) is 6.78. The first-order chi connectivity index (χ1) is 11.1. The minimum absolute atomic E-state index is 0.0277. The zero-order valence-corrected chi connectivity index (χ0v) is 12.9. The molecule has 0 spiro atoms. The van der Waals surface area contributed by atoms with E-state index in [1.165, 1.54) is 19.3 Å². The third kappa shape index (κ3) is 3.84. The van der Waals surface area contributed by atoms with Gasteiger partial charge in [-0.05, 0) is 12.1 Å². The van der Waals surface area contributed by atoms with Gasteiger partial charge in [0.05, 0.1) is 12.1 Å². The van der Waals surface area contributed by atoms with Gasteiger partial charge in [0.1, 0.15) is 36.5 Å². The Morgan fingerprint density at radius 1 is 1.57 bits per heavy atom. The van der Waals surface area contributed by atoms with Crippen molar-refractivity contribution in [2.24, 2.45) is 5.16 Å². The van der Waals surface area contributed by atoms with Gasteiger partial charge in [-0.15, -0.1) is 0 Å². The number of hydrogen-bond donors (Lipinski definition) is 0. The Balaban J connectivity index is 2.49. The van der Waals surface area contributed by atoms with Crippen molar-refractivity contribution in [3.05, 3.63) is 53.8 Å². The van der Waals surface area contributed by atoms with Crippen LogP contribution >= 0.6 is 11.6 Å². The SMILES string of the molecule is C=CCON=C(c1cc(OC)c(Cl)cc1F)C(F)n1cncn1. The number of rotatable bonds is 7. The van der Waals surface area contributed by atoms with E-state index in [0.29, 0.717) is 0 Å². The van der Waals surface area contributed by atoms with Gasteiger partial charge < -0.3 is 9.57 Å². The number of methoxy groups -OCH3 is 1. The number of ether oxygens (including phenoxy) is 1. The number of nitrogens with zero attached hydrogens (tertiary/aromatic N) is 4. The zero-order chi connectivity index (χ0) is 16.8. The molecule has 0 aliphatic heterocycles. The van der Waals surface area contributed by atoms with Crippen LogP contribution in [0.5, 0.6) is 5.75 Å². The Kier molecular flexibility index (Phi) is 5.64. The lowest BCUT2D eigenvalue weighted by Crippen LogP contribution is -2.19. The van der Waals surface area contributed by atoms with Crippen LogP contribution in [0, 0.1) is 5.82 Å². The van der Waals surface area contributed by atoms with Gasteiger partial charge in [-0.3, -0.25) is 0 Å².